The number of likely N-dealkylation sites (tertiary alicyclic amines) is 1. The van der Waals surface area contributed by atoms with Crippen LogP contribution in [0.25, 0.3) is 0 Å². The van der Waals surface area contributed by atoms with E-state index >= 15 is 0 Å². The lowest BCUT2D eigenvalue weighted by Gasteiger charge is -2.21. The molecule has 1 amide bonds. The van der Waals surface area contributed by atoms with Crippen molar-refractivity contribution in [2.45, 2.75) is 26.0 Å². The zero-order valence-electron chi connectivity index (χ0n) is 7.40. The van der Waals surface area contributed by atoms with Gasteiger partial charge in [-0.25, -0.2) is 0 Å². The Bertz CT molecular complexity index is 183. The maximum Gasteiger partial charge on any atom is 0.219 e. The first-order valence-electron chi connectivity index (χ1n) is 4.14. The van der Waals surface area contributed by atoms with Crippen molar-refractivity contribution in [2.24, 2.45) is 5.92 Å². The number of hydrogen-bond donors (Lipinski definition) is 2. The molecule has 3 atom stereocenters. The number of carbonyl (C=O) groups excluding carboxylic acids is 1. The molecule has 4 heteroatoms. The van der Waals surface area contributed by atoms with Gasteiger partial charge in [-0.05, 0) is 6.92 Å². The summed E-state index contributed by atoms with van der Waals surface area (Å²) in [5.41, 5.74) is 0. The van der Waals surface area contributed by atoms with Gasteiger partial charge in [-0.1, -0.05) is 0 Å². The maximum atomic E-state index is 11.0. The summed E-state index contributed by atoms with van der Waals surface area (Å²) in [4.78, 5) is 12.6. The Labute approximate surface area is 71.8 Å². The van der Waals surface area contributed by atoms with Gasteiger partial charge < -0.3 is 15.1 Å². The Kier molecular flexibility index (Phi) is 2.69. The first kappa shape index (κ1) is 9.48. The van der Waals surface area contributed by atoms with E-state index in [4.69, 9.17) is 5.11 Å². The Balaban J connectivity index is 2.68. The summed E-state index contributed by atoms with van der Waals surface area (Å²) in [5, 5.41) is 18.3. The Morgan fingerprint density at radius 3 is 2.50 bits per heavy atom. The minimum Gasteiger partial charge on any atom is -0.396 e. The molecule has 1 heterocycles. The van der Waals surface area contributed by atoms with Crippen LogP contribution >= 0.6 is 0 Å². The van der Waals surface area contributed by atoms with Crippen molar-refractivity contribution in [3.05, 3.63) is 0 Å². The van der Waals surface area contributed by atoms with Gasteiger partial charge in [0.15, 0.2) is 0 Å². The minimum absolute atomic E-state index is 0.0440. The van der Waals surface area contributed by atoms with E-state index in [0.717, 1.165) is 0 Å². The predicted octanol–water partition coefficient (Wildman–Crippen LogP) is -0.794. The molecule has 0 radical (unpaired) electrons. The van der Waals surface area contributed by atoms with Crippen molar-refractivity contribution < 1.29 is 15.0 Å². The molecule has 1 fully saturated rings. The third-order valence-corrected chi connectivity index (χ3v) is 2.60. The Morgan fingerprint density at radius 1 is 1.67 bits per heavy atom. The molecule has 12 heavy (non-hydrogen) atoms. The van der Waals surface area contributed by atoms with Crippen molar-refractivity contribution in [1.29, 1.82) is 0 Å². The van der Waals surface area contributed by atoms with Gasteiger partial charge in [-0.2, -0.15) is 0 Å². The molecule has 1 saturated heterocycles. The van der Waals surface area contributed by atoms with Gasteiger partial charge >= 0.3 is 0 Å². The number of aliphatic hydroxyl groups excluding tert-OH is 2. The lowest BCUT2D eigenvalue weighted by molar-refractivity contribution is -0.129. The molecule has 0 spiro atoms. The van der Waals surface area contributed by atoms with Gasteiger partial charge in [0.2, 0.25) is 5.91 Å². The molecule has 2 N–H and O–H groups in total. The second-order valence-electron chi connectivity index (χ2n) is 3.33. The molecule has 4 nitrogen and oxygen atoms in total. The largest absolute Gasteiger partial charge is 0.396 e. The summed E-state index contributed by atoms with van der Waals surface area (Å²) in [7, 11) is 0. The van der Waals surface area contributed by atoms with Crippen LogP contribution in [0, 0.1) is 5.92 Å². The fourth-order valence-electron chi connectivity index (χ4n) is 1.75. The van der Waals surface area contributed by atoms with E-state index in [1.54, 1.807) is 4.90 Å². The van der Waals surface area contributed by atoms with Crippen LogP contribution in [0.4, 0.5) is 0 Å². The van der Waals surface area contributed by atoms with Crippen molar-refractivity contribution in [1.82, 2.24) is 4.90 Å². The fraction of sp³-hybridized carbons (Fsp3) is 0.875. The van der Waals surface area contributed by atoms with Crippen LogP contribution in [0.2, 0.25) is 0 Å². The second kappa shape index (κ2) is 3.41. The van der Waals surface area contributed by atoms with Crippen LogP contribution in [-0.2, 0) is 4.79 Å². The Morgan fingerprint density at radius 2 is 2.25 bits per heavy atom. The highest BCUT2D eigenvalue weighted by molar-refractivity contribution is 5.74. The molecule has 0 aromatic carbocycles. The monoisotopic (exact) mass is 173 g/mol. The minimum atomic E-state index is -0.575. The average Bonchev–Trinajstić information content (AvgIpc) is 2.27. The van der Waals surface area contributed by atoms with Crippen LogP contribution in [0.3, 0.4) is 0 Å². The number of carbonyl (C=O) groups is 1. The molecule has 0 aromatic rings. The number of nitrogens with zero attached hydrogens (tertiary/aromatic N) is 1. The summed E-state index contributed by atoms with van der Waals surface area (Å²) in [5.74, 6) is -0.230. The molecule has 1 aliphatic heterocycles. The third kappa shape index (κ3) is 1.44. The van der Waals surface area contributed by atoms with Gasteiger partial charge in [-0.3, -0.25) is 4.79 Å². The smallest absolute Gasteiger partial charge is 0.219 e. The number of rotatable bonds is 1. The number of β-amino-alcohol motifs (C(OH)–C–C–N with tert-alkyl or cyclic N) is 1. The zero-order chi connectivity index (χ0) is 9.30. The Hall–Kier alpha value is -0.610. The molecule has 0 bridgehead atoms. The number of amides is 1. The zero-order valence-corrected chi connectivity index (χ0v) is 7.40. The lowest BCUT2D eigenvalue weighted by Crippen LogP contribution is -2.34. The predicted molar refractivity (Wildman–Crippen MR) is 43.4 cm³/mol. The fourth-order valence-corrected chi connectivity index (χ4v) is 1.75. The maximum absolute atomic E-state index is 11.0. The molecular formula is C8H15NO3. The molecule has 1 aliphatic rings. The van der Waals surface area contributed by atoms with E-state index in [1.807, 2.05) is 6.92 Å². The standard InChI is InChI=1S/C8H15NO3/c1-5-7(4-10)8(12)3-9(5)6(2)11/h5,7-8,10,12H,3-4H2,1-2H3. The van der Waals surface area contributed by atoms with Gasteiger partial charge in [0.1, 0.15) is 0 Å². The van der Waals surface area contributed by atoms with Gasteiger partial charge in [-0.15, -0.1) is 0 Å². The van der Waals surface area contributed by atoms with Crippen LogP contribution in [-0.4, -0.2) is 46.3 Å². The normalized spacial score (nSPS) is 35.7. The van der Waals surface area contributed by atoms with Crippen molar-refractivity contribution in [3.63, 3.8) is 0 Å². The van der Waals surface area contributed by atoms with E-state index in [2.05, 4.69) is 0 Å². The first-order chi connectivity index (χ1) is 5.57. The van der Waals surface area contributed by atoms with E-state index in [1.165, 1.54) is 6.92 Å². The topological polar surface area (TPSA) is 60.8 Å². The van der Waals surface area contributed by atoms with Crippen LogP contribution in [0.15, 0.2) is 0 Å². The number of aliphatic hydroxyl groups is 2. The van der Waals surface area contributed by atoms with E-state index in [-0.39, 0.29) is 24.5 Å². The van der Waals surface area contributed by atoms with Gasteiger partial charge in [0.25, 0.3) is 0 Å². The highest BCUT2D eigenvalue weighted by atomic mass is 16.3. The molecule has 0 saturated carbocycles. The molecular weight excluding hydrogens is 158 g/mol. The van der Waals surface area contributed by atoms with E-state index in [9.17, 15) is 9.90 Å². The number of hydrogen-bond acceptors (Lipinski definition) is 3. The summed E-state index contributed by atoms with van der Waals surface area (Å²) >= 11 is 0. The molecule has 1 rings (SSSR count). The summed E-state index contributed by atoms with van der Waals surface area (Å²) in [6.07, 6.45) is -0.575. The van der Waals surface area contributed by atoms with Crippen molar-refractivity contribution in [3.8, 4) is 0 Å². The van der Waals surface area contributed by atoms with E-state index < -0.39 is 6.10 Å². The summed E-state index contributed by atoms with van der Waals surface area (Å²) in [6.45, 7) is 3.61. The van der Waals surface area contributed by atoms with Crippen molar-refractivity contribution >= 4 is 5.91 Å². The average molecular weight is 173 g/mol. The van der Waals surface area contributed by atoms with Crippen LogP contribution in [0.5, 0.6) is 0 Å². The lowest BCUT2D eigenvalue weighted by atomic mass is 10.0. The molecule has 0 aliphatic carbocycles. The summed E-state index contributed by atoms with van der Waals surface area (Å²) < 4.78 is 0. The second-order valence-corrected chi connectivity index (χ2v) is 3.33. The molecule has 70 valence electrons. The van der Waals surface area contributed by atoms with Crippen molar-refractivity contribution in [2.75, 3.05) is 13.2 Å². The van der Waals surface area contributed by atoms with Gasteiger partial charge in [0.05, 0.1) is 12.7 Å². The molecule has 0 aromatic heterocycles. The SMILES string of the molecule is CC(=O)N1CC(O)C(CO)C1C. The third-order valence-electron chi connectivity index (χ3n) is 2.60. The first-order valence-corrected chi connectivity index (χ1v) is 4.14. The molecule has 3 unspecified atom stereocenters. The summed E-state index contributed by atoms with van der Waals surface area (Å²) in [6, 6.07) is -0.0532. The highest BCUT2D eigenvalue weighted by Crippen LogP contribution is 2.23. The van der Waals surface area contributed by atoms with Crippen LogP contribution in [0.1, 0.15) is 13.8 Å². The quantitative estimate of drug-likeness (QED) is 0.546. The highest BCUT2D eigenvalue weighted by Gasteiger charge is 2.38. The van der Waals surface area contributed by atoms with Gasteiger partial charge in [0, 0.05) is 25.4 Å². The van der Waals surface area contributed by atoms with Crippen LogP contribution < -0.4 is 0 Å². The van der Waals surface area contributed by atoms with E-state index in [0.29, 0.717) is 6.54 Å².